The number of carbonyl (C=O) groups excluding carboxylic acids is 2. The zero-order valence-electron chi connectivity index (χ0n) is 12.8. The summed E-state index contributed by atoms with van der Waals surface area (Å²) in [6.07, 6.45) is 0.607. The van der Waals surface area contributed by atoms with E-state index in [1.807, 2.05) is 6.92 Å². The van der Waals surface area contributed by atoms with Crippen LogP contribution in [0.15, 0.2) is 48.5 Å². The van der Waals surface area contributed by atoms with E-state index >= 15 is 0 Å². The van der Waals surface area contributed by atoms with E-state index in [2.05, 4.69) is 5.32 Å². The maximum Gasteiger partial charge on any atom is 0.252 e. The van der Waals surface area contributed by atoms with Crippen LogP contribution in [0.2, 0.25) is 5.02 Å². The van der Waals surface area contributed by atoms with Gasteiger partial charge in [0, 0.05) is 16.1 Å². The number of halogens is 1. The predicted molar refractivity (Wildman–Crippen MR) is 90.0 cm³/mol. The minimum absolute atomic E-state index is 0.143. The molecule has 120 valence electrons. The van der Waals surface area contributed by atoms with Crippen LogP contribution in [0, 0.1) is 0 Å². The van der Waals surface area contributed by atoms with Gasteiger partial charge in [0.2, 0.25) is 0 Å². The molecule has 0 aliphatic rings. The predicted octanol–water partition coefficient (Wildman–Crippen LogP) is 3.07. The van der Waals surface area contributed by atoms with Gasteiger partial charge in [-0.2, -0.15) is 0 Å². The number of nitrogens with one attached hydrogen (secondary N) is 1. The average Bonchev–Trinajstić information content (AvgIpc) is 2.59. The number of aliphatic hydroxyl groups is 1. The van der Waals surface area contributed by atoms with Crippen molar-refractivity contribution in [1.29, 1.82) is 0 Å². The Hall–Kier alpha value is -2.17. The highest BCUT2D eigenvalue weighted by Crippen LogP contribution is 2.17. The summed E-state index contributed by atoms with van der Waals surface area (Å²) >= 11 is 5.83. The van der Waals surface area contributed by atoms with Crippen molar-refractivity contribution in [2.45, 2.75) is 19.4 Å². The van der Waals surface area contributed by atoms with Gasteiger partial charge in [0.25, 0.3) is 5.91 Å². The van der Waals surface area contributed by atoms with E-state index < -0.39 is 0 Å². The van der Waals surface area contributed by atoms with Crippen molar-refractivity contribution in [3.8, 4) is 0 Å². The molecule has 0 spiro atoms. The highest BCUT2D eigenvalue weighted by atomic mass is 35.5. The van der Waals surface area contributed by atoms with Crippen molar-refractivity contribution in [2.75, 3.05) is 6.61 Å². The molecule has 0 aliphatic carbocycles. The number of aliphatic hydroxyl groups excluding tert-OH is 1. The second-order valence-electron chi connectivity index (χ2n) is 5.14. The van der Waals surface area contributed by atoms with Crippen molar-refractivity contribution in [3.63, 3.8) is 0 Å². The Morgan fingerprint density at radius 1 is 1.09 bits per heavy atom. The first-order valence-corrected chi connectivity index (χ1v) is 7.75. The van der Waals surface area contributed by atoms with Crippen molar-refractivity contribution in [1.82, 2.24) is 5.32 Å². The van der Waals surface area contributed by atoms with Crippen LogP contribution < -0.4 is 5.32 Å². The van der Waals surface area contributed by atoms with E-state index in [0.717, 1.165) is 0 Å². The molecule has 1 atom stereocenters. The summed E-state index contributed by atoms with van der Waals surface area (Å²) in [7, 11) is 0. The molecule has 2 N–H and O–H groups in total. The summed E-state index contributed by atoms with van der Waals surface area (Å²) in [6.45, 7) is 1.72. The fraction of sp³-hybridized carbons (Fsp3) is 0.222. The normalized spacial score (nSPS) is 11.8. The lowest BCUT2D eigenvalue weighted by Crippen LogP contribution is -2.37. The molecule has 0 saturated carbocycles. The van der Waals surface area contributed by atoms with Gasteiger partial charge in [0.05, 0.1) is 18.2 Å². The zero-order chi connectivity index (χ0) is 16.8. The lowest BCUT2D eigenvalue weighted by Gasteiger charge is -2.15. The standard InChI is InChI=1S/C18H18ClNO3/c1-2-14(11-21)20-18(23)16-6-4-3-5-15(16)17(22)12-7-9-13(19)10-8-12/h3-10,14,21H,2,11H2,1H3,(H,20,23)/t14-/m0/s1. The van der Waals surface area contributed by atoms with Gasteiger partial charge in [-0.25, -0.2) is 0 Å². The molecule has 1 amide bonds. The first kappa shape index (κ1) is 17.2. The van der Waals surface area contributed by atoms with Crippen LogP contribution >= 0.6 is 11.6 Å². The topological polar surface area (TPSA) is 66.4 Å². The smallest absolute Gasteiger partial charge is 0.252 e. The zero-order valence-corrected chi connectivity index (χ0v) is 13.5. The van der Waals surface area contributed by atoms with E-state index in [1.54, 1.807) is 48.5 Å². The molecule has 4 nitrogen and oxygen atoms in total. The van der Waals surface area contributed by atoms with Crippen molar-refractivity contribution >= 4 is 23.3 Å². The molecule has 0 aromatic heterocycles. The largest absolute Gasteiger partial charge is 0.394 e. The first-order chi connectivity index (χ1) is 11.1. The molecular weight excluding hydrogens is 314 g/mol. The molecule has 23 heavy (non-hydrogen) atoms. The maximum atomic E-state index is 12.6. The molecule has 0 bridgehead atoms. The van der Waals surface area contributed by atoms with Crippen molar-refractivity contribution in [3.05, 3.63) is 70.2 Å². The Bertz CT molecular complexity index is 694. The minimum Gasteiger partial charge on any atom is -0.394 e. The number of rotatable bonds is 6. The SMILES string of the molecule is CC[C@@H](CO)NC(=O)c1ccccc1C(=O)c1ccc(Cl)cc1. The summed E-state index contributed by atoms with van der Waals surface area (Å²) in [5.41, 5.74) is 1.07. The third-order valence-corrected chi connectivity index (χ3v) is 3.82. The molecule has 5 heteroatoms. The number of carbonyl (C=O) groups is 2. The Morgan fingerprint density at radius 2 is 1.70 bits per heavy atom. The van der Waals surface area contributed by atoms with Gasteiger partial charge in [-0.1, -0.05) is 36.7 Å². The van der Waals surface area contributed by atoms with Gasteiger partial charge in [0.15, 0.2) is 5.78 Å². The van der Waals surface area contributed by atoms with Gasteiger partial charge in [-0.15, -0.1) is 0 Å². The quantitative estimate of drug-likeness (QED) is 0.799. The Morgan fingerprint density at radius 3 is 2.26 bits per heavy atom. The first-order valence-electron chi connectivity index (χ1n) is 7.37. The molecule has 0 saturated heterocycles. The summed E-state index contributed by atoms with van der Waals surface area (Å²) < 4.78 is 0. The number of benzene rings is 2. The van der Waals surface area contributed by atoms with Gasteiger partial charge in [-0.05, 0) is 36.8 Å². The number of ketones is 1. The van der Waals surface area contributed by atoms with Crippen LogP contribution in [0.3, 0.4) is 0 Å². The number of hydrogen-bond acceptors (Lipinski definition) is 3. The summed E-state index contributed by atoms with van der Waals surface area (Å²) in [5.74, 6) is -0.617. The average molecular weight is 332 g/mol. The molecule has 0 fully saturated rings. The monoisotopic (exact) mass is 331 g/mol. The fourth-order valence-corrected chi connectivity index (χ4v) is 2.30. The highest BCUT2D eigenvalue weighted by molar-refractivity contribution is 6.30. The van der Waals surface area contributed by atoms with E-state index in [9.17, 15) is 14.7 Å². The third kappa shape index (κ3) is 4.18. The summed E-state index contributed by atoms with van der Waals surface area (Å²) in [4.78, 5) is 25.0. The molecule has 0 unspecified atom stereocenters. The van der Waals surface area contributed by atoms with E-state index in [4.69, 9.17) is 11.6 Å². The van der Waals surface area contributed by atoms with Crippen LogP contribution in [0.25, 0.3) is 0 Å². The van der Waals surface area contributed by atoms with E-state index in [-0.39, 0.29) is 24.3 Å². The molecule has 0 heterocycles. The fourth-order valence-electron chi connectivity index (χ4n) is 2.18. The Balaban J connectivity index is 2.31. The van der Waals surface area contributed by atoms with Gasteiger partial charge < -0.3 is 10.4 Å². The van der Waals surface area contributed by atoms with Gasteiger partial charge in [0.1, 0.15) is 0 Å². The lowest BCUT2D eigenvalue weighted by molar-refractivity contribution is 0.0906. The highest BCUT2D eigenvalue weighted by Gasteiger charge is 2.19. The summed E-state index contributed by atoms with van der Waals surface area (Å²) in [5, 5.41) is 12.5. The van der Waals surface area contributed by atoms with Crippen LogP contribution in [-0.2, 0) is 0 Å². The molecule has 2 aromatic rings. The molecular formula is C18H18ClNO3. The van der Waals surface area contributed by atoms with Gasteiger partial charge >= 0.3 is 0 Å². The number of hydrogen-bond donors (Lipinski definition) is 2. The van der Waals surface area contributed by atoms with Crippen LogP contribution in [0.5, 0.6) is 0 Å². The second-order valence-corrected chi connectivity index (χ2v) is 5.58. The molecule has 0 aliphatic heterocycles. The maximum absolute atomic E-state index is 12.6. The molecule has 0 radical (unpaired) electrons. The minimum atomic E-state index is -0.371. The number of amides is 1. The third-order valence-electron chi connectivity index (χ3n) is 3.57. The summed E-state index contributed by atoms with van der Waals surface area (Å²) in [6, 6.07) is 12.8. The Labute approximate surface area is 140 Å². The molecule has 2 rings (SSSR count). The van der Waals surface area contributed by atoms with Crippen LogP contribution in [-0.4, -0.2) is 29.4 Å². The van der Waals surface area contributed by atoms with E-state index in [0.29, 0.717) is 28.1 Å². The van der Waals surface area contributed by atoms with Crippen LogP contribution in [0.1, 0.15) is 39.6 Å². The van der Waals surface area contributed by atoms with Crippen molar-refractivity contribution < 1.29 is 14.7 Å². The van der Waals surface area contributed by atoms with Crippen LogP contribution in [0.4, 0.5) is 0 Å². The lowest BCUT2D eigenvalue weighted by atomic mass is 9.97. The Kier molecular flexibility index (Phi) is 5.90. The van der Waals surface area contributed by atoms with Gasteiger partial charge in [-0.3, -0.25) is 9.59 Å². The van der Waals surface area contributed by atoms with Crippen molar-refractivity contribution in [2.24, 2.45) is 0 Å². The van der Waals surface area contributed by atoms with E-state index in [1.165, 1.54) is 0 Å². The molecule has 2 aromatic carbocycles. The second kappa shape index (κ2) is 7.90.